The summed E-state index contributed by atoms with van der Waals surface area (Å²) in [5.41, 5.74) is 0. The van der Waals surface area contributed by atoms with Gasteiger partial charge in [-0.2, -0.15) is 0 Å². The van der Waals surface area contributed by atoms with E-state index in [1.807, 2.05) is 0 Å². The van der Waals surface area contributed by atoms with Gasteiger partial charge in [-0.25, -0.2) is 0 Å². The van der Waals surface area contributed by atoms with E-state index in [1.165, 1.54) is 7.11 Å². The van der Waals surface area contributed by atoms with E-state index < -0.39 is 0 Å². The Balaban J connectivity index is 2.12. The molecular weight excluding hydrogens is 168 g/mol. The Hall–Kier alpha value is -0.610. The predicted octanol–water partition coefficient (Wildman–Crippen LogP) is -0.203. The number of carbonyl (C=O) groups is 1. The highest BCUT2D eigenvalue weighted by Crippen LogP contribution is 2.00. The highest BCUT2D eigenvalue weighted by molar-refractivity contribution is 5.69. The van der Waals surface area contributed by atoms with Crippen LogP contribution in [0.4, 0.5) is 0 Å². The molecule has 0 spiro atoms. The third kappa shape index (κ3) is 3.74. The molecule has 4 nitrogen and oxygen atoms in total. The molecule has 0 N–H and O–H groups in total. The van der Waals surface area contributed by atoms with Gasteiger partial charge in [0.05, 0.1) is 13.5 Å². The van der Waals surface area contributed by atoms with Gasteiger partial charge in [0.25, 0.3) is 0 Å². The van der Waals surface area contributed by atoms with Crippen LogP contribution in [-0.4, -0.2) is 62.7 Å². The van der Waals surface area contributed by atoms with Gasteiger partial charge in [0.15, 0.2) is 0 Å². The van der Waals surface area contributed by atoms with Crippen molar-refractivity contribution in [1.29, 1.82) is 0 Å². The van der Waals surface area contributed by atoms with E-state index in [0.29, 0.717) is 6.42 Å². The van der Waals surface area contributed by atoms with Crippen molar-refractivity contribution in [3.8, 4) is 0 Å². The van der Waals surface area contributed by atoms with Crippen LogP contribution in [0.1, 0.15) is 6.42 Å². The van der Waals surface area contributed by atoms with Gasteiger partial charge in [0, 0.05) is 32.7 Å². The second-order valence-corrected chi connectivity index (χ2v) is 3.47. The highest BCUT2D eigenvalue weighted by Gasteiger charge is 2.14. The van der Waals surface area contributed by atoms with E-state index in [9.17, 15) is 4.79 Å². The van der Waals surface area contributed by atoms with Gasteiger partial charge in [-0.05, 0) is 7.05 Å². The van der Waals surface area contributed by atoms with Crippen LogP contribution in [-0.2, 0) is 9.53 Å². The third-order valence-corrected chi connectivity index (χ3v) is 2.46. The van der Waals surface area contributed by atoms with Crippen LogP contribution < -0.4 is 0 Å². The van der Waals surface area contributed by atoms with Crippen molar-refractivity contribution in [2.45, 2.75) is 6.42 Å². The van der Waals surface area contributed by atoms with Crippen molar-refractivity contribution in [3.05, 3.63) is 0 Å². The molecule has 1 heterocycles. The summed E-state index contributed by atoms with van der Waals surface area (Å²) in [5.74, 6) is -0.112. The monoisotopic (exact) mass is 186 g/mol. The molecular formula is C9H18N2O2. The van der Waals surface area contributed by atoms with Gasteiger partial charge < -0.3 is 14.5 Å². The van der Waals surface area contributed by atoms with Crippen LogP contribution in [0.5, 0.6) is 0 Å². The number of nitrogens with zero attached hydrogens (tertiary/aromatic N) is 2. The number of methoxy groups -OCH3 is 1. The van der Waals surface area contributed by atoms with Gasteiger partial charge >= 0.3 is 5.97 Å². The number of hydrogen-bond acceptors (Lipinski definition) is 4. The molecule has 0 aromatic heterocycles. The summed E-state index contributed by atoms with van der Waals surface area (Å²) in [6.45, 7) is 5.16. The topological polar surface area (TPSA) is 32.8 Å². The molecule has 13 heavy (non-hydrogen) atoms. The summed E-state index contributed by atoms with van der Waals surface area (Å²) in [7, 11) is 3.56. The standard InChI is InChI=1S/C9H18N2O2/c1-10-5-7-11(8-6-10)4-3-9(12)13-2/h3-8H2,1-2H3. The summed E-state index contributed by atoms with van der Waals surface area (Å²) in [6, 6.07) is 0. The number of hydrogen-bond donors (Lipinski definition) is 0. The quantitative estimate of drug-likeness (QED) is 0.571. The summed E-state index contributed by atoms with van der Waals surface area (Å²) in [5, 5.41) is 0. The average molecular weight is 186 g/mol. The smallest absolute Gasteiger partial charge is 0.306 e. The molecule has 1 saturated heterocycles. The van der Waals surface area contributed by atoms with Gasteiger partial charge in [0.2, 0.25) is 0 Å². The minimum atomic E-state index is -0.112. The van der Waals surface area contributed by atoms with Crippen LogP contribution >= 0.6 is 0 Å². The zero-order valence-electron chi connectivity index (χ0n) is 8.45. The van der Waals surface area contributed by atoms with Crippen molar-refractivity contribution in [1.82, 2.24) is 9.80 Å². The van der Waals surface area contributed by atoms with Gasteiger partial charge in [-0.15, -0.1) is 0 Å². The van der Waals surface area contributed by atoms with Crippen LogP contribution in [0, 0.1) is 0 Å². The van der Waals surface area contributed by atoms with Crippen molar-refractivity contribution in [2.24, 2.45) is 0 Å². The second-order valence-electron chi connectivity index (χ2n) is 3.47. The minimum Gasteiger partial charge on any atom is -0.469 e. The number of esters is 1. The van der Waals surface area contributed by atoms with Crippen LogP contribution in [0.15, 0.2) is 0 Å². The lowest BCUT2D eigenvalue weighted by Gasteiger charge is -2.31. The van der Waals surface area contributed by atoms with Crippen LogP contribution in [0.25, 0.3) is 0 Å². The second kappa shape index (κ2) is 5.19. The largest absolute Gasteiger partial charge is 0.469 e. The Bertz CT molecular complexity index is 165. The molecule has 0 aliphatic carbocycles. The Morgan fingerprint density at radius 1 is 1.31 bits per heavy atom. The van der Waals surface area contributed by atoms with E-state index in [-0.39, 0.29) is 5.97 Å². The summed E-state index contributed by atoms with van der Waals surface area (Å²) >= 11 is 0. The lowest BCUT2D eigenvalue weighted by molar-refractivity contribution is -0.141. The lowest BCUT2D eigenvalue weighted by Crippen LogP contribution is -2.45. The zero-order valence-corrected chi connectivity index (χ0v) is 8.45. The zero-order chi connectivity index (χ0) is 9.68. The van der Waals surface area contributed by atoms with Gasteiger partial charge in [-0.3, -0.25) is 4.79 Å². The first-order chi connectivity index (χ1) is 6.22. The Kier molecular flexibility index (Phi) is 4.18. The average Bonchev–Trinajstić information content (AvgIpc) is 2.16. The maximum atomic E-state index is 10.9. The van der Waals surface area contributed by atoms with Crippen molar-refractivity contribution in [2.75, 3.05) is 46.9 Å². The molecule has 0 radical (unpaired) electrons. The van der Waals surface area contributed by atoms with E-state index in [0.717, 1.165) is 32.7 Å². The molecule has 76 valence electrons. The van der Waals surface area contributed by atoms with Gasteiger partial charge in [-0.1, -0.05) is 0 Å². The molecule has 1 fully saturated rings. The molecule has 0 amide bonds. The molecule has 1 aliphatic heterocycles. The Morgan fingerprint density at radius 2 is 1.92 bits per heavy atom. The maximum Gasteiger partial charge on any atom is 0.306 e. The van der Waals surface area contributed by atoms with E-state index >= 15 is 0 Å². The van der Waals surface area contributed by atoms with Crippen LogP contribution in [0.3, 0.4) is 0 Å². The molecule has 4 heteroatoms. The summed E-state index contributed by atoms with van der Waals surface area (Å²) in [6.07, 6.45) is 0.514. The third-order valence-electron chi connectivity index (χ3n) is 2.46. The minimum absolute atomic E-state index is 0.112. The number of carbonyl (C=O) groups excluding carboxylic acids is 1. The first kappa shape index (κ1) is 10.5. The highest BCUT2D eigenvalue weighted by atomic mass is 16.5. The number of ether oxygens (including phenoxy) is 1. The molecule has 0 saturated carbocycles. The molecule has 0 unspecified atom stereocenters. The van der Waals surface area contributed by atoms with Crippen LogP contribution in [0.2, 0.25) is 0 Å². The number of piperazine rings is 1. The normalized spacial score (nSPS) is 20.2. The lowest BCUT2D eigenvalue weighted by atomic mass is 10.3. The van der Waals surface area contributed by atoms with Crippen molar-refractivity contribution in [3.63, 3.8) is 0 Å². The predicted molar refractivity (Wildman–Crippen MR) is 50.6 cm³/mol. The van der Waals surface area contributed by atoms with E-state index in [1.54, 1.807) is 0 Å². The Morgan fingerprint density at radius 3 is 2.46 bits per heavy atom. The fourth-order valence-electron chi connectivity index (χ4n) is 1.42. The SMILES string of the molecule is COC(=O)CCN1CCN(C)CC1. The summed E-state index contributed by atoms with van der Waals surface area (Å²) < 4.78 is 4.59. The number of rotatable bonds is 3. The van der Waals surface area contributed by atoms with Crippen molar-refractivity contribution >= 4 is 5.97 Å². The molecule has 1 aliphatic rings. The van der Waals surface area contributed by atoms with E-state index in [2.05, 4.69) is 21.6 Å². The molecule has 0 aromatic rings. The fourth-order valence-corrected chi connectivity index (χ4v) is 1.42. The van der Waals surface area contributed by atoms with Crippen molar-refractivity contribution < 1.29 is 9.53 Å². The Labute approximate surface area is 79.4 Å². The molecule has 0 atom stereocenters. The molecule has 0 bridgehead atoms. The maximum absolute atomic E-state index is 10.9. The first-order valence-electron chi connectivity index (χ1n) is 4.70. The first-order valence-corrected chi connectivity index (χ1v) is 4.70. The van der Waals surface area contributed by atoms with Gasteiger partial charge in [0.1, 0.15) is 0 Å². The summed E-state index contributed by atoms with van der Waals surface area (Å²) in [4.78, 5) is 15.5. The molecule has 0 aromatic carbocycles. The van der Waals surface area contributed by atoms with E-state index in [4.69, 9.17) is 0 Å². The number of likely N-dealkylation sites (N-methyl/N-ethyl adjacent to an activating group) is 1. The molecule has 1 rings (SSSR count). The fraction of sp³-hybridized carbons (Fsp3) is 0.889.